The fourth-order valence-electron chi connectivity index (χ4n) is 2.41. The number of rotatable bonds is 6. The minimum absolute atomic E-state index is 0.244. The number of nitrogens with zero attached hydrogens (tertiary/aromatic N) is 4. The summed E-state index contributed by atoms with van der Waals surface area (Å²) in [6, 6.07) is 13.8. The van der Waals surface area contributed by atoms with Crippen molar-refractivity contribution in [3.63, 3.8) is 0 Å². The van der Waals surface area contributed by atoms with Crippen molar-refractivity contribution in [1.82, 2.24) is 14.9 Å². The second-order valence-corrected chi connectivity index (χ2v) is 5.73. The zero-order chi connectivity index (χ0) is 16.9. The van der Waals surface area contributed by atoms with E-state index in [1.165, 1.54) is 0 Å². The van der Waals surface area contributed by atoms with Crippen LogP contribution in [0.4, 0.5) is 0 Å². The van der Waals surface area contributed by atoms with Crippen molar-refractivity contribution >= 4 is 5.71 Å². The van der Waals surface area contributed by atoms with E-state index in [1.807, 2.05) is 67.9 Å². The third-order valence-corrected chi connectivity index (χ3v) is 3.54. The highest BCUT2D eigenvalue weighted by molar-refractivity contribution is 5.81. The highest BCUT2D eigenvalue weighted by atomic mass is 16.6. The van der Waals surface area contributed by atoms with Crippen molar-refractivity contribution in [2.45, 2.75) is 33.9 Å². The SMILES string of the molecule is CC(Cn1nc(C)cc1C)=NOCc1cc(-c2ccccc2)no1. The quantitative estimate of drug-likeness (QED) is 0.512. The van der Waals surface area contributed by atoms with Gasteiger partial charge in [0.25, 0.3) is 0 Å². The first-order chi connectivity index (χ1) is 11.6. The Kier molecular flexibility index (Phi) is 4.74. The zero-order valence-corrected chi connectivity index (χ0v) is 14.1. The van der Waals surface area contributed by atoms with Crippen molar-refractivity contribution in [3.8, 4) is 11.3 Å². The maximum absolute atomic E-state index is 5.36. The Bertz CT molecular complexity index is 834. The van der Waals surface area contributed by atoms with Gasteiger partial charge in [-0.1, -0.05) is 40.6 Å². The predicted molar refractivity (Wildman–Crippen MR) is 91.5 cm³/mol. The van der Waals surface area contributed by atoms with Gasteiger partial charge in [0.15, 0.2) is 12.4 Å². The molecule has 6 nitrogen and oxygen atoms in total. The summed E-state index contributed by atoms with van der Waals surface area (Å²) < 4.78 is 7.18. The molecule has 0 aliphatic heterocycles. The van der Waals surface area contributed by atoms with Crippen LogP contribution in [0.15, 0.2) is 52.1 Å². The molecule has 2 heterocycles. The summed E-state index contributed by atoms with van der Waals surface area (Å²) in [4.78, 5) is 5.36. The van der Waals surface area contributed by atoms with Crippen LogP contribution in [-0.4, -0.2) is 20.6 Å². The molecule has 0 saturated heterocycles. The average Bonchev–Trinajstić information content (AvgIpc) is 3.15. The number of aryl methyl sites for hydroxylation is 2. The Morgan fingerprint density at radius 3 is 2.71 bits per heavy atom. The first kappa shape index (κ1) is 16.0. The van der Waals surface area contributed by atoms with E-state index < -0.39 is 0 Å². The number of benzene rings is 1. The van der Waals surface area contributed by atoms with Crippen molar-refractivity contribution in [3.05, 3.63) is 59.6 Å². The molecular formula is C18H20N4O2. The summed E-state index contributed by atoms with van der Waals surface area (Å²) in [5.74, 6) is 0.636. The lowest BCUT2D eigenvalue weighted by Crippen LogP contribution is -2.10. The van der Waals surface area contributed by atoms with Gasteiger partial charge < -0.3 is 9.36 Å². The van der Waals surface area contributed by atoms with Gasteiger partial charge in [-0.25, -0.2) is 0 Å². The molecule has 0 unspecified atom stereocenters. The van der Waals surface area contributed by atoms with Crippen molar-refractivity contribution < 1.29 is 9.36 Å². The summed E-state index contributed by atoms with van der Waals surface area (Å²) in [5.41, 5.74) is 4.74. The Balaban J connectivity index is 1.56. The van der Waals surface area contributed by atoms with Crippen LogP contribution in [0.3, 0.4) is 0 Å². The van der Waals surface area contributed by atoms with Gasteiger partial charge in [0.2, 0.25) is 0 Å². The first-order valence-corrected chi connectivity index (χ1v) is 7.79. The molecule has 2 aromatic heterocycles. The summed E-state index contributed by atoms with van der Waals surface area (Å²) in [7, 11) is 0. The summed E-state index contributed by atoms with van der Waals surface area (Å²) in [5, 5.41) is 12.6. The van der Waals surface area contributed by atoms with Gasteiger partial charge in [-0.15, -0.1) is 0 Å². The molecule has 0 aliphatic carbocycles. The van der Waals surface area contributed by atoms with E-state index in [9.17, 15) is 0 Å². The van der Waals surface area contributed by atoms with Crippen LogP contribution in [0, 0.1) is 13.8 Å². The predicted octanol–water partition coefficient (Wildman–Crippen LogP) is 3.75. The topological polar surface area (TPSA) is 65.4 Å². The lowest BCUT2D eigenvalue weighted by molar-refractivity contribution is 0.108. The number of oxime groups is 1. The Morgan fingerprint density at radius 2 is 2.00 bits per heavy atom. The lowest BCUT2D eigenvalue weighted by Gasteiger charge is -2.03. The van der Waals surface area contributed by atoms with E-state index in [2.05, 4.69) is 15.4 Å². The molecule has 124 valence electrons. The van der Waals surface area contributed by atoms with Gasteiger partial charge in [0, 0.05) is 17.3 Å². The molecule has 0 N–H and O–H groups in total. The van der Waals surface area contributed by atoms with Gasteiger partial charge in [-0.3, -0.25) is 4.68 Å². The summed E-state index contributed by atoms with van der Waals surface area (Å²) in [6.07, 6.45) is 0. The minimum Gasteiger partial charge on any atom is -0.387 e. The fraction of sp³-hybridized carbons (Fsp3) is 0.278. The fourth-order valence-corrected chi connectivity index (χ4v) is 2.41. The standard InChI is InChI=1S/C18H20N4O2/c1-13-9-15(3)22(19-13)11-14(2)20-23-12-17-10-18(21-24-17)16-7-5-4-6-8-16/h4-10H,11-12H2,1-3H3. The Labute approximate surface area is 140 Å². The first-order valence-electron chi connectivity index (χ1n) is 7.79. The largest absolute Gasteiger partial charge is 0.387 e. The Hall–Kier alpha value is -2.89. The van der Waals surface area contributed by atoms with E-state index >= 15 is 0 Å². The number of hydrogen-bond acceptors (Lipinski definition) is 5. The van der Waals surface area contributed by atoms with Gasteiger partial charge in [0.05, 0.1) is 18.0 Å². The van der Waals surface area contributed by atoms with Crippen LogP contribution in [-0.2, 0) is 18.0 Å². The summed E-state index contributed by atoms with van der Waals surface area (Å²) >= 11 is 0. The lowest BCUT2D eigenvalue weighted by atomic mass is 10.1. The third-order valence-electron chi connectivity index (χ3n) is 3.54. The molecule has 3 aromatic rings. The molecule has 24 heavy (non-hydrogen) atoms. The van der Waals surface area contributed by atoms with Crippen LogP contribution in [0.25, 0.3) is 11.3 Å². The number of aromatic nitrogens is 3. The van der Waals surface area contributed by atoms with Crippen molar-refractivity contribution in [1.29, 1.82) is 0 Å². The molecule has 0 radical (unpaired) electrons. The van der Waals surface area contributed by atoms with Gasteiger partial charge in [0.1, 0.15) is 5.69 Å². The molecule has 0 bridgehead atoms. The van der Waals surface area contributed by atoms with E-state index in [0.717, 1.165) is 28.4 Å². The average molecular weight is 324 g/mol. The van der Waals surface area contributed by atoms with Gasteiger partial charge in [-0.2, -0.15) is 5.10 Å². The summed E-state index contributed by atoms with van der Waals surface area (Å²) in [6.45, 7) is 6.75. The normalized spacial score (nSPS) is 11.7. The molecule has 0 aliphatic rings. The van der Waals surface area contributed by atoms with Crippen LogP contribution < -0.4 is 0 Å². The highest BCUT2D eigenvalue weighted by Crippen LogP contribution is 2.18. The van der Waals surface area contributed by atoms with E-state index in [4.69, 9.17) is 9.36 Å². The van der Waals surface area contributed by atoms with Crippen molar-refractivity contribution in [2.24, 2.45) is 5.16 Å². The monoisotopic (exact) mass is 324 g/mol. The third kappa shape index (κ3) is 3.90. The molecule has 0 saturated carbocycles. The zero-order valence-electron chi connectivity index (χ0n) is 14.1. The highest BCUT2D eigenvalue weighted by Gasteiger charge is 2.07. The van der Waals surface area contributed by atoms with Crippen molar-refractivity contribution in [2.75, 3.05) is 0 Å². The number of hydrogen-bond donors (Lipinski definition) is 0. The van der Waals surface area contributed by atoms with Gasteiger partial charge in [-0.05, 0) is 26.8 Å². The molecule has 6 heteroatoms. The maximum atomic E-state index is 5.36. The molecule has 1 aromatic carbocycles. The molecule has 0 atom stereocenters. The Morgan fingerprint density at radius 1 is 1.21 bits per heavy atom. The van der Waals surface area contributed by atoms with Gasteiger partial charge >= 0.3 is 0 Å². The molecule has 3 rings (SSSR count). The molecular weight excluding hydrogens is 304 g/mol. The minimum atomic E-state index is 0.244. The maximum Gasteiger partial charge on any atom is 0.177 e. The van der Waals surface area contributed by atoms with E-state index in [0.29, 0.717) is 12.3 Å². The van der Waals surface area contributed by atoms with Crippen LogP contribution in [0.5, 0.6) is 0 Å². The second kappa shape index (κ2) is 7.12. The van der Waals surface area contributed by atoms with E-state index in [-0.39, 0.29) is 6.61 Å². The van der Waals surface area contributed by atoms with Crippen LogP contribution >= 0.6 is 0 Å². The molecule has 0 amide bonds. The van der Waals surface area contributed by atoms with Crippen LogP contribution in [0.1, 0.15) is 24.1 Å². The van der Waals surface area contributed by atoms with Crippen LogP contribution in [0.2, 0.25) is 0 Å². The van der Waals surface area contributed by atoms with E-state index in [1.54, 1.807) is 0 Å². The molecule has 0 fully saturated rings. The second-order valence-electron chi connectivity index (χ2n) is 5.73. The molecule has 0 spiro atoms. The smallest absolute Gasteiger partial charge is 0.177 e.